The molecule has 1 aromatic carbocycles. The van der Waals surface area contributed by atoms with Gasteiger partial charge in [0.25, 0.3) is 5.91 Å². The van der Waals surface area contributed by atoms with E-state index in [1.165, 1.54) is 4.90 Å². The van der Waals surface area contributed by atoms with Crippen molar-refractivity contribution in [1.82, 2.24) is 15.2 Å². The third kappa shape index (κ3) is 4.41. The molecule has 1 heterocycles. The van der Waals surface area contributed by atoms with Gasteiger partial charge in [0.2, 0.25) is 5.91 Å². The minimum Gasteiger partial charge on any atom is -0.349 e. The highest BCUT2D eigenvalue weighted by Gasteiger charge is 2.14. The molecule has 0 spiro atoms. The second-order valence-corrected chi connectivity index (χ2v) is 5.07. The number of rotatable bonds is 5. The molecule has 0 bridgehead atoms. The number of aromatic nitrogens is 1. The molecule has 114 valence electrons. The van der Waals surface area contributed by atoms with Gasteiger partial charge in [-0.25, -0.2) is 0 Å². The lowest BCUT2D eigenvalue weighted by Gasteiger charge is -2.16. The Morgan fingerprint density at radius 2 is 1.82 bits per heavy atom. The lowest BCUT2D eigenvalue weighted by molar-refractivity contribution is -0.121. The number of amides is 2. The Kier molecular flexibility index (Phi) is 5.25. The fraction of sp³-hybridized carbons (Fsp3) is 0.235. The van der Waals surface area contributed by atoms with Crippen molar-refractivity contribution in [2.75, 3.05) is 13.6 Å². The predicted octanol–water partition coefficient (Wildman–Crippen LogP) is 1.78. The number of pyridine rings is 1. The number of carbonyl (C=O) groups excluding carboxylic acids is 2. The van der Waals surface area contributed by atoms with Crippen LogP contribution < -0.4 is 5.32 Å². The molecule has 2 aromatic rings. The molecule has 5 nitrogen and oxygen atoms in total. The summed E-state index contributed by atoms with van der Waals surface area (Å²) >= 11 is 0. The van der Waals surface area contributed by atoms with Gasteiger partial charge in [-0.2, -0.15) is 0 Å². The van der Waals surface area contributed by atoms with E-state index in [0.717, 1.165) is 11.4 Å². The maximum atomic E-state index is 12.1. The minimum atomic E-state index is -0.213. The van der Waals surface area contributed by atoms with Crippen LogP contribution in [0, 0.1) is 6.92 Å². The first kappa shape index (κ1) is 15.7. The minimum absolute atomic E-state index is 0.0134. The van der Waals surface area contributed by atoms with Crippen LogP contribution in [-0.4, -0.2) is 35.3 Å². The van der Waals surface area contributed by atoms with Crippen molar-refractivity contribution in [3.63, 3.8) is 0 Å². The van der Waals surface area contributed by atoms with Gasteiger partial charge < -0.3 is 10.2 Å². The molecule has 0 aliphatic carbocycles. The van der Waals surface area contributed by atoms with Crippen molar-refractivity contribution in [2.45, 2.75) is 13.5 Å². The van der Waals surface area contributed by atoms with E-state index in [9.17, 15) is 9.59 Å². The third-order valence-electron chi connectivity index (χ3n) is 3.16. The molecular formula is C17H19N3O2. The molecule has 1 N–H and O–H groups in total. The van der Waals surface area contributed by atoms with Crippen molar-refractivity contribution >= 4 is 11.8 Å². The lowest BCUT2D eigenvalue weighted by Crippen LogP contribution is -2.38. The Morgan fingerprint density at radius 1 is 1.09 bits per heavy atom. The first-order valence-corrected chi connectivity index (χ1v) is 7.06. The van der Waals surface area contributed by atoms with Gasteiger partial charge in [-0.1, -0.05) is 24.3 Å². The molecule has 2 rings (SSSR count). The van der Waals surface area contributed by atoms with Crippen molar-refractivity contribution in [3.8, 4) is 0 Å². The zero-order valence-electron chi connectivity index (χ0n) is 12.7. The molecule has 0 fully saturated rings. The SMILES string of the molecule is Cc1cccc(CNC(=O)CN(C)C(=O)c2ccccc2)n1. The van der Waals surface area contributed by atoms with E-state index >= 15 is 0 Å². The van der Waals surface area contributed by atoms with E-state index in [0.29, 0.717) is 12.1 Å². The summed E-state index contributed by atoms with van der Waals surface area (Å²) in [4.78, 5) is 29.8. The second kappa shape index (κ2) is 7.36. The summed E-state index contributed by atoms with van der Waals surface area (Å²) < 4.78 is 0. The normalized spacial score (nSPS) is 10.1. The molecule has 0 radical (unpaired) electrons. The number of hydrogen-bond acceptors (Lipinski definition) is 3. The Hall–Kier alpha value is -2.69. The maximum Gasteiger partial charge on any atom is 0.254 e. The van der Waals surface area contributed by atoms with E-state index in [-0.39, 0.29) is 18.4 Å². The van der Waals surface area contributed by atoms with Gasteiger partial charge in [0.1, 0.15) is 0 Å². The summed E-state index contributed by atoms with van der Waals surface area (Å²) in [5.41, 5.74) is 2.27. The van der Waals surface area contributed by atoms with Crippen LogP contribution in [-0.2, 0) is 11.3 Å². The molecule has 1 aromatic heterocycles. The molecule has 0 aliphatic rings. The van der Waals surface area contributed by atoms with Crippen LogP contribution in [0.5, 0.6) is 0 Å². The fourth-order valence-corrected chi connectivity index (χ4v) is 2.03. The zero-order valence-corrected chi connectivity index (χ0v) is 12.7. The number of nitrogens with one attached hydrogen (secondary N) is 1. The van der Waals surface area contributed by atoms with E-state index < -0.39 is 0 Å². The molecular weight excluding hydrogens is 278 g/mol. The molecule has 0 atom stereocenters. The molecule has 0 saturated heterocycles. The van der Waals surface area contributed by atoms with Gasteiger partial charge in [0.05, 0.1) is 18.8 Å². The number of nitrogens with zero attached hydrogens (tertiary/aromatic N) is 2. The van der Waals surface area contributed by atoms with Gasteiger partial charge >= 0.3 is 0 Å². The van der Waals surface area contributed by atoms with Gasteiger partial charge in [-0.05, 0) is 31.2 Å². The van der Waals surface area contributed by atoms with Crippen molar-refractivity contribution < 1.29 is 9.59 Å². The Balaban J connectivity index is 1.85. The van der Waals surface area contributed by atoms with Gasteiger partial charge in [0.15, 0.2) is 0 Å². The number of carbonyl (C=O) groups is 2. The average molecular weight is 297 g/mol. The van der Waals surface area contributed by atoms with Crippen LogP contribution in [0.4, 0.5) is 0 Å². The van der Waals surface area contributed by atoms with Crippen LogP contribution in [0.3, 0.4) is 0 Å². The summed E-state index contributed by atoms with van der Waals surface area (Å²) in [6, 6.07) is 14.5. The predicted molar refractivity (Wildman–Crippen MR) is 84.2 cm³/mol. The summed E-state index contributed by atoms with van der Waals surface area (Å²) in [5.74, 6) is -0.389. The Morgan fingerprint density at radius 3 is 2.50 bits per heavy atom. The molecule has 5 heteroatoms. The van der Waals surface area contributed by atoms with E-state index in [1.807, 2.05) is 31.2 Å². The Labute approximate surface area is 130 Å². The van der Waals surface area contributed by atoms with Gasteiger partial charge in [-0.15, -0.1) is 0 Å². The smallest absolute Gasteiger partial charge is 0.254 e. The van der Waals surface area contributed by atoms with Crippen LogP contribution in [0.1, 0.15) is 21.7 Å². The van der Waals surface area contributed by atoms with Gasteiger partial charge in [-0.3, -0.25) is 14.6 Å². The number of hydrogen-bond donors (Lipinski definition) is 1. The standard InChI is InChI=1S/C17H19N3O2/c1-13-7-6-10-15(19-13)11-18-16(21)12-20(2)17(22)14-8-4-3-5-9-14/h3-10H,11-12H2,1-2H3,(H,18,21). The van der Waals surface area contributed by atoms with Crippen molar-refractivity contribution in [2.24, 2.45) is 0 Å². The van der Waals surface area contributed by atoms with Crippen molar-refractivity contribution in [3.05, 3.63) is 65.5 Å². The topological polar surface area (TPSA) is 62.3 Å². The highest BCUT2D eigenvalue weighted by Crippen LogP contribution is 2.03. The quantitative estimate of drug-likeness (QED) is 0.915. The van der Waals surface area contributed by atoms with Crippen LogP contribution >= 0.6 is 0 Å². The first-order valence-electron chi connectivity index (χ1n) is 7.06. The van der Waals surface area contributed by atoms with Crippen LogP contribution in [0.15, 0.2) is 48.5 Å². The van der Waals surface area contributed by atoms with Crippen molar-refractivity contribution in [1.29, 1.82) is 0 Å². The molecule has 0 unspecified atom stereocenters. The molecule has 0 saturated carbocycles. The van der Waals surface area contributed by atoms with E-state index in [4.69, 9.17) is 0 Å². The van der Waals surface area contributed by atoms with Gasteiger partial charge in [0, 0.05) is 18.3 Å². The third-order valence-corrected chi connectivity index (χ3v) is 3.16. The number of likely N-dealkylation sites (N-methyl/N-ethyl adjacent to an activating group) is 1. The van der Waals surface area contributed by atoms with E-state index in [1.54, 1.807) is 31.3 Å². The van der Waals surface area contributed by atoms with Crippen LogP contribution in [0.25, 0.3) is 0 Å². The zero-order chi connectivity index (χ0) is 15.9. The summed E-state index contributed by atoms with van der Waals surface area (Å²) in [6.07, 6.45) is 0. The van der Waals surface area contributed by atoms with E-state index in [2.05, 4.69) is 10.3 Å². The molecule has 22 heavy (non-hydrogen) atoms. The summed E-state index contributed by atoms with van der Waals surface area (Å²) in [5, 5.41) is 2.77. The summed E-state index contributed by atoms with van der Waals surface area (Å²) in [7, 11) is 1.61. The highest BCUT2D eigenvalue weighted by atomic mass is 16.2. The second-order valence-electron chi connectivity index (χ2n) is 5.07. The first-order chi connectivity index (χ1) is 10.6. The molecule has 0 aliphatic heterocycles. The fourth-order valence-electron chi connectivity index (χ4n) is 2.03. The molecule has 2 amide bonds. The lowest BCUT2D eigenvalue weighted by atomic mass is 10.2. The largest absolute Gasteiger partial charge is 0.349 e. The average Bonchev–Trinajstić information content (AvgIpc) is 2.53. The number of aryl methyl sites for hydroxylation is 1. The Bertz CT molecular complexity index is 656. The van der Waals surface area contributed by atoms with Crippen LogP contribution in [0.2, 0.25) is 0 Å². The number of benzene rings is 1. The monoisotopic (exact) mass is 297 g/mol. The summed E-state index contributed by atoms with van der Waals surface area (Å²) in [6.45, 7) is 2.27. The maximum absolute atomic E-state index is 12.1. The highest BCUT2D eigenvalue weighted by molar-refractivity contribution is 5.96.